The Bertz CT molecular complexity index is 870. The smallest absolute Gasteiger partial charge is 0.355 e. The maximum Gasteiger partial charge on any atom is 0.355 e. The highest BCUT2D eigenvalue weighted by Gasteiger charge is 2.29. The van der Waals surface area contributed by atoms with Crippen molar-refractivity contribution in [2.75, 3.05) is 11.3 Å². The molecule has 0 saturated heterocycles. The van der Waals surface area contributed by atoms with Crippen molar-refractivity contribution in [3.8, 4) is 0 Å². The molecule has 0 aliphatic rings. The second kappa shape index (κ2) is 6.64. The molecular formula is C16H19FN2O4S. The van der Waals surface area contributed by atoms with Gasteiger partial charge in [0.1, 0.15) is 16.4 Å². The Kier molecular flexibility index (Phi) is 4.98. The summed E-state index contributed by atoms with van der Waals surface area (Å²) in [7, 11) is -2.34. The summed E-state index contributed by atoms with van der Waals surface area (Å²) in [6, 6.07) is 4.97. The number of sulfonamides is 1. The van der Waals surface area contributed by atoms with Gasteiger partial charge in [-0.25, -0.2) is 17.6 Å². The normalized spacial score (nSPS) is 11.4. The first kappa shape index (κ1) is 18.0. The third kappa shape index (κ3) is 3.28. The first-order valence-electron chi connectivity index (χ1n) is 7.30. The van der Waals surface area contributed by atoms with Crippen LogP contribution in [-0.2, 0) is 21.8 Å². The Hall–Kier alpha value is -2.35. The summed E-state index contributed by atoms with van der Waals surface area (Å²) >= 11 is 0. The predicted octanol–water partition coefficient (Wildman–Crippen LogP) is 2.76. The van der Waals surface area contributed by atoms with Gasteiger partial charge in [0.05, 0.1) is 6.61 Å². The third-order valence-electron chi connectivity index (χ3n) is 3.70. The molecule has 0 unspecified atom stereocenters. The summed E-state index contributed by atoms with van der Waals surface area (Å²) in [6.45, 7) is 5.03. The summed E-state index contributed by atoms with van der Waals surface area (Å²) in [5.41, 5.74) is 1.14. The van der Waals surface area contributed by atoms with Crippen molar-refractivity contribution < 1.29 is 22.3 Å². The third-order valence-corrected chi connectivity index (χ3v) is 5.34. The molecule has 1 N–H and O–H groups in total. The van der Waals surface area contributed by atoms with Gasteiger partial charge in [-0.05, 0) is 45.0 Å². The molecule has 8 heteroatoms. The monoisotopic (exact) mass is 354 g/mol. The summed E-state index contributed by atoms with van der Waals surface area (Å²) in [5, 5.41) is 0. The molecule has 2 rings (SSSR count). The molecule has 2 aromatic rings. The molecule has 6 nitrogen and oxygen atoms in total. The maximum absolute atomic E-state index is 13.0. The average Bonchev–Trinajstić information content (AvgIpc) is 2.72. The quantitative estimate of drug-likeness (QED) is 0.838. The number of rotatable bonds is 5. The molecule has 0 fully saturated rings. The maximum atomic E-state index is 13.0. The lowest BCUT2D eigenvalue weighted by Gasteiger charge is -2.09. The Labute approximate surface area is 140 Å². The molecule has 0 saturated carbocycles. The standard InChI is InChI=1S/C16H19FN2O4S/c1-5-23-16(20)14-10(2)15(11(3)19(14)4)24(21,22)18-13-8-6-12(17)7-9-13/h6-9,18H,5H2,1-4H3. The van der Waals surface area contributed by atoms with Crippen molar-refractivity contribution in [3.05, 3.63) is 47.0 Å². The van der Waals surface area contributed by atoms with Crippen LogP contribution in [0.4, 0.5) is 10.1 Å². The van der Waals surface area contributed by atoms with Crippen LogP contribution >= 0.6 is 0 Å². The van der Waals surface area contributed by atoms with Gasteiger partial charge in [0.15, 0.2) is 0 Å². The van der Waals surface area contributed by atoms with Crippen molar-refractivity contribution in [1.82, 2.24) is 4.57 Å². The number of hydrogen-bond acceptors (Lipinski definition) is 4. The van der Waals surface area contributed by atoms with Crippen LogP contribution in [-0.4, -0.2) is 25.6 Å². The molecule has 0 amide bonds. The Morgan fingerprint density at radius 3 is 2.38 bits per heavy atom. The molecule has 0 bridgehead atoms. The van der Waals surface area contributed by atoms with Crippen molar-refractivity contribution >= 4 is 21.7 Å². The van der Waals surface area contributed by atoms with E-state index in [1.165, 1.54) is 16.7 Å². The fourth-order valence-electron chi connectivity index (χ4n) is 2.56. The van der Waals surface area contributed by atoms with E-state index in [1.54, 1.807) is 27.8 Å². The minimum atomic E-state index is -3.94. The molecule has 130 valence electrons. The fraction of sp³-hybridized carbons (Fsp3) is 0.312. The summed E-state index contributed by atoms with van der Waals surface area (Å²) < 4.78 is 47.2. The van der Waals surface area contributed by atoms with Crippen molar-refractivity contribution in [1.29, 1.82) is 0 Å². The zero-order valence-corrected chi connectivity index (χ0v) is 14.7. The number of hydrogen-bond donors (Lipinski definition) is 1. The number of ether oxygens (including phenoxy) is 1. The second-order valence-corrected chi connectivity index (χ2v) is 6.90. The van der Waals surface area contributed by atoms with Crippen LogP contribution in [0.1, 0.15) is 28.7 Å². The number of esters is 1. The van der Waals surface area contributed by atoms with Crippen LogP contribution in [0.2, 0.25) is 0 Å². The highest BCUT2D eigenvalue weighted by Crippen LogP contribution is 2.28. The van der Waals surface area contributed by atoms with E-state index in [4.69, 9.17) is 4.74 Å². The molecule has 24 heavy (non-hydrogen) atoms. The van der Waals surface area contributed by atoms with Gasteiger partial charge < -0.3 is 9.30 Å². The minimum Gasteiger partial charge on any atom is -0.461 e. The zero-order chi connectivity index (χ0) is 18.1. The molecular weight excluding hydrogens is 335 g/mol. The van der Waals surface area contributed by atoms with Crippen LogP contribution in [0.5, 0.6) is 0 Å². The van der Waals surface area contributed by atoms with Crippen LogP contribution in [0.3, 0.4) is 0 Å². The number of carbonyl (C=O) groups is 1. The lowest BCUT2D eigenvalue weighted by Crippen LogP contribution is -2.15. The average molecular weight is 354 g/mol. The molecule has 0 spiro atoms. The Morgan fingerprint density at radius 2 is 1.83 bits per heavy atom. The van der Waals surface area contributed by atoms with Crippen LogP contribution in [0, 0.1) is 19.7 Å². The minimum absolute atomic E-state index is 0.0115. The molecule has 0 aliphatic carbocycles. The highest BCUT2D eigenvalue weighted by atomic mass is 32.2. The van der Waals surface area contributed by atoms with Crippen molar-refractivity contribution in [3.63, 3.8) is 0 Å². The van der Waals surface area contributed by atoms with E-state index in [2.05, 4.69) is 4.72 Å². The van der Waals surface area contributed by atoms with E-state index >= 15 is 0 Å². The summed E-state index contributed by atoms with van der Waals surface area (Å²) in [5.74, 6) is -1.04. The van der Waals surface area contributed by atoms with Gasteiger partial charge >= 0.3 is 5.97 Å². The Morgan fingerprint density at radius 1 is 1.25 bits per heavy atom. The summed E-state index contributed by atoms with van der Waals surface area (Å²) in [4.78, 5) is 12.1. The number of nitrogens with zero attached hydrogens (tertiary/aromatic N) is 1. The van der Waals surface area contributed by atoms with Gasteiger partial charge in [0.25, 0.3) is 10.0 Å². The number of aromatic nitrogens is 1. The highest BCUT2D eigenvalue weighted by molar-refractivity contribution is 7.92. The van der Waals surface area contributed by atoms with E-state index in [0.717, 1.165) is 12.1 Å². The van der Waals surface area contributed by atoms with Crippen molar-refractivity contribution in [2.45, 2.75) is 25.7 Å². The predicted molar refractivity (Wildman–Crippen MR) is 88.1 cm³/mol. The van der Waals surface area contributed by atoms with Gasteiger partial charge in [-0.1, -0.05) is 0 Å². The van der Waals surface area contributed by atoms with Crippen LogP contribution in [0.15, 0.2) is 29.2 Å². The first-order chi connectivity index (χ1) is 11.2. The molecule has 1 aromatic heterocycles. The topological polar surface area (TPSA) is 77.4 Å². The fourth-order valence-corrected chi connectivity index (χ4v) is 4.13. The SMILES string of the molecule is CCOC(=O)c1c(C)c(S(=O)(=O)Nc2ccc(F)cc2)c(C)n1C. The summed E-state index contributed by atoms with van der Waals surface area (Å²) in [6.07, 6.45) is 0. The molecule has 1 heterocycles. The number of halogens is 1. The largest absolute Gasteiger partial charge is 0.461 e. The van der Waals surface area contributed by atoms with E-state index in [1.807, 2.05) is 0 Å². The van der Waals surface area contributed by atoms with E-state index in [9.17, 15) is 17.6 Å². The van der Waals surface area contributed by atoms with Gasteiger partial charge in [0.2, 0.25) is 0 Å². The molecule has 0 aliphatic heterocycles. The number of nitrogens with one attached hydrogen (secondary N) is 1. The number of carbonyl (C=O) groups excluding carboxylic acids is 1. The lowest BCUT2D eigenvalue weighted by atomic mass is 10.2. The van der Waals surface area contributed by atoms with Crippen LogP contribution < -0.4 is 4.72 Å². The van der Waals surface area contributed by atoms with E-state index < -0.39 is 21.8 Å². The van der Waals surface area contributed by atoms with Gasteiger partial charge in [-0.2, -0.15) is 0 Å². The van der Waals surface area contributed by atoms with E-state index in [-0.39, 0.29) is 22.9 Å². The zero-order valence-electron chi connectivity index (χ0n) is 13.9. The lowest BCUT2D eigenvalue weighted by molar-refractivity contribution is 0.0514. The van der Waals surface area contributed by atoms with Gasteiger partial charge in [-0.15, -0.1) is 0 Å². The first-order valence-corrected chi connectivity index (χ1v) is 8.78. The van der Waals surface area contributed by atoms with Crippen molar-refractivity contribution in [2.24, 2.45) is 7.05 Å². The molecule has 0 radical (unpaired) electrons. The molecule has 0 atom stereocenters. The van der Waals surface area contributed by atoms with Crippen LogP contribution in [0.25, 0.3) is 0 Å². The molecule has 1 aromatic carbocycles. The second-order valence-electron chi connectivity index (χ2n) is 5.28. The van der Waals surface area contributed by atoms with E-state index in [0.29, 0.717) is 11.3 Å². The Balaban J connectivity index is 2.49. The number of anilines is 1. The van der Waals surface area contributed by atoms with Gasteiger partial charge in [0, 0.05) is 24.0 Å². The van der Waals surface area contributed by atoms with Gasteiger partial charge in [-0.3, -0.25) is 4.72 Å². The number of benzene rings is 1.